The molecule has 0 bridgehead atoms. The maximum Gasteiger partial charge on any atom is 0.138 e. The fourth-order valence-corrected chi connectivity index (χ4v) is 2.81. The quantitative estimate of drug-likeness (QED) is 0.782. The summed E-state index contributed by atoms with van der Waals surface area (Å²) in [6.45, 7) is 1.38. The Labute approximate surface area is 138 Å². The van der Waals surface area contributed by atoms with E-state index in [0.717, 1.165) is 22.3 Å². The Balaban J connectivity index is 1.59. The van der Waals surface area contributed by atoms with Gasteiger partial charge < -0.3 is 10.1 Å². The maximum absolute atomic E-state index is 6.30. The molecule has 0 saturated heterocycles. The second-order valence-corrected chi connectivity index (χ2v) is 6.66. The standard InChI is InChI=1S/C17H17BrClNO/c18-14-3-1-2-13(8-14)11-21-17-7-4-12(9-16(17)19)10-20-15-5-6-15/h1-4,7-9,15,20H,5-6,10-11H2. The van der Waals surface area contributed by atoms with Gasteiger partial charge in [-0.3, -0.25) is 0 Å². The Hall–Kier alpha value is -1.03. The van der Waals surface area contributed by atoms with Gasteiger partial charge in [0.25, 0.3) is 0 Å². The van der Waals surface area contributed by atoms with Crippen LogP contribution in [0.15, 0.2) is 46.9 Å². The fourth-order valence-electron chi connectivity index (χ4n) is 2.11. The highest BCUT2D eigenvalue weighted by molar-refractivity contribution is 9.10. The maximum atomic E-state index is 6.30. The van der Waals surface area contributed by atoms with Gasteiger partial charge in [-0.25, -0.2) is 0 Å². The van der Waals surface area contributed by atoms with Gasteiger partial charge in [0.15, 0.2) is 0 Å². The first-order valence-electron chi connectivity index (χ1n) is 7.10. The van der Waals surface area contributed by atoms with E-state index in [1.165, 1.54) is 18.4 Å². The molecule has 2 aromatic rings. The second-order valence-electron chi connectivity index (χ2n) is 5.34. The van der Waals surface area contributed by atoms with Gasteiger partial charge in [-0.1, -0.05) is 45.7 Å². The van der Waals surface area contributed by atoms with E-state index < -0.39 is 0 Å². The van der Waals surface area contributed by atoms with Crippen LogP contribution in [0.4, 0.5) is 0 Å². The summed E-state index contributed by atoms with van der Waals surface area (Å²) < 4.78 is 6.85. The first kappa shape index (κ1) is 14.9. The molecular formula is C17H17BrClNO. The number of nitrogens with one attached hydrogen (secondary N) is 1. The molecule has 0 aliphatic heterocycles. The van der Waals surface area contributed by atoms with E-state index in [9.17, 15) is 0 Å². The number of hydrogen-bond acceptors (Lipinski definition) is 2. The van der Waals surface area contributed by atoms with Gasteiger partial charge in [-0.2, -0.15) is 0 Å². The van der Waals surface area contributed by atoms with Gasteiger partial charge in [-0.05, 0) is 48.2 Å². The lowest BCUT2D eigenvalue weighted by Gasteiger charge is -2.10. The van der Waals surface area contributed by atoms with Gasteiger partial charge in [0.05, 0.1) is 5.02 Å². The van der Waals surface area contributed by atoms with E-state index in [1.54, 1.807) is 0 Å². The Bertz CT molecular complexity index is 628. The van der Waals surface area contributed by atoms with Crippen molar-refractivity contribution in [2.24, 2.45) is 0 Å². The van der Waals surface area contributed by atoms with Crippen molar-refractivity contribution in [3.05, 3.63) is 63.1 Å². The molecular weight excluding hydrogens is 350 g/mol. The lowest BCUT2D eigenvalue weighted by atomic mass is 10.2. The largest absolute Gasteiger partial charge is 0.487 e. The molecule has 3 rings (SSSR count). The predicted molar refractivity (Wildman–Crippen MR) is 89.8 cm³/mol. The molecule has 1 saturated carbocycles. The van der Waals surface area contributed by atoms with Crippen molar-refractivity contribution < 1.29 is 4.74 Å². The van der Waals surface area contributed by atoms with Crippen LogP contribution >= 0.6 is 27.5 Å². The smallest absolute Gasteiger partial charge is 0.138 e. The summed E-state index contributed by atoms with van der Waals surface area (Å²) in [5, 5.41) is 4.15. The van der Waals surface area contributed by atoms with Crippen molar-refractivity contribution in [3.63, 3.8) is 0 Å². The van der Waals surface area contributed by atoms with Gasteiger partial charge in [-0.15, -0.1) is 0 Å². The molecule has 0 unspecified atom stereocenters. The van der Waals surface area contributed by atoms with E-state index in [-0.39, 0.29) is 0 Å². The minimum Gasteiger partial charge on any atom is -0.487 e. The van der Waals surface area contributed by atoms with Crippen LogP contribution in [0.5, 0.6) is 5.75 Å². The zero-order chi connectivity index (χ0) is 14.7. The second kappa shape index (κ2) is 6.82. The molecule has 0 amide bonds. The monoisotopic (exact) mass is 365 g/mol. The molecule has 0 aromatic heterocycles. The first-order chi connectivity index (χ1) is 10.2. The van der Waals surface area contributed by atoms with E-state index in [0.29, 0.717) is 17.7 Å². The molecule has 0 heterocycles. The highest BCUT2D eigenvalue weighted by Gasteiger charge is 2.20. The highest BCUT2D eigenvalue weighted by atomic mass is 79.9. The Morgan fingerprint density at radius 2 is 2.00 bits per heavy atom. The number of rotatable bonds is 6. The lowest BCUT2D eigenvalue weighted by Crippen LogP contribution is -2.15. The molecule has 110 valence electrons. The molecule has 4 heteroatoms. The minimum atomic E-state index is 0.513. The van der Waals surface area contributed by atoms with Crippen molar-refractivity contribution in [1.29, 1.82) is 0 Å². The fraction of sp³-hybridized carbons (Fsp3) is 0.294. The van der Waals surface area contributed by atoms with E-state index in [2.05, 4.69) is 27.3 Å². The normalized spacial score (nSPS) is 14.2. The van der Waals surface area contributed by atoms with Crippen molar-refractivity contribution >= 4 is 27.5 Å². The van der Waals surface area contributed by atoms with Crippen LogP contribution in [0.3, 0.4) is 0 Å². The molecule has 0 atom stereocenters. The summed E-state index contributed by atoms with van der Waals surface area (Å²) in [4.78, 5) is 0. The van der Waals surface area contributed by atoms with Crippen molar-refractivity contribution in [2.45, 2.75) is 32.0 Å². The van der Waals surface area contributed by atoms with E-state index >= 15 is 0 Å². The average molecular weight is 367 g/mol. The summed E-state index contributed by atoms with van der Waals surface area (Å²) >= 11 is 9.75. The van der Waals surface area contributed by atoms with Crippen LogP contribution in [-0.2, 0) is 13.2 Å². The summed E-state index contributed by atoms with van der Waals surface area (Å²) in [5.74, 6) is 0.729. The van der Waals surface area contributed by atoms with E-state index in [4.69, 9.17) is 16.3 Å². The third kappa shape index (κ3) is 4.47. The SMILES string of the molecule is Clc1cc(CNC2CC2)ccc1OCc1cccc(Br)c1. The topological polar surface area (TPSA) is 21.3 Å². The molecule has 0 radical (unpaired) electrons. The van der Waals surface area contributed by atoms with Crippen molar-refractivity contribution in [2.75, 3.05) is 0 Å². The third-order valence-corrected chi connectivity index (χ3v) is 4.24. The van der Waals surface area contributed by atoms with Crippen LogP contribution < -0.4 is 10.1 Å². The molecule has 1 fully saturated rings. The van der Waals surface area contributed by atoms with Crippen LogP contribution in [0, 0.1) is 0 Å². The Morgan fingerprint density at radius 3 is 2.71 bits per heavy atom. The number of ether oxygens (including phenoxy) is 1. The number of halogens is 2. The Morgan fingerprint density at radius 1 is 1.14 bits per heavy atom. The first-order valence-corrected chi connectivity index (χ1v) is 8.27. The molecule has 2 nitrogen and oxygen atoms in total. The van der Waals surface area contributed by atoms with Crippen molar-refractivity contribution in [3.8, 4) is 5.75 Å². The predicted octanol–water partition coefficient (Wildman–Crippen LogP) is 4.93. The Kier molecular flexibility index (Phi) is 4.84. The van der Waals surface area contributed by atoms with Crippen LogP contribution in [0.2, 0.25) is 5.02 Å². The molecule has 1 aliphatic rings. The van der Waals surface area contributed by atoms with Gasteiger partial charge >= 0.3 is 0 Å². The summed E-state index contributed by atoms with van der Waals surface area (Å²) in [5.41, 5.74) is 2.31. The van der Waals surface area contributed by atoms with Gasteiger partial charge in [0.1, 0.15) is 12.4 Å². The number of hydrogen-bond donors (Lipinski definition) is 1. The van der Waals surface area contributed by atoms with Crippen LogP contribution in [0.1, 0.15) is 24.0 Å². The van der Waals surface area contributed by atoms with Crippen LogP contribution in [0.25, 0.3) is 0 Å². The molecule has 1 N–H and O–H groups in total. The van der Waals surface area contributed by atoms with E-state index in [1.807, 2.05) is 36.4 Å². The zero-order valence-corrected chi connectivity index (χ0v) is 14.0. The summed E-state index contributed by atoms with van der Waals surface area (Å²) in [7, 11) is 0. The highest BCUT2D eigenvalue weighted by Crippen LogP contribution is 2.27. The van der Waals surface area contributed by atoms with Gasteiger partial charge in [0.2, 0.25) is 0 Å². The lowest BCUT2D eigenvalue weighted by molar-refractivity contribution is 0.306. The summed E-state index contributed by atoms with van der Waals surface area (Å²) in [6, 6.07) is 14.8. The summed E-state index contributed by atoms with van der Waals surface area (Å²) in [6.07, 6.45) is 2.59. The molecule has 2 aromatic carbocycles. The average Bonchev–Trinajstić information content (AvgIpc) is 3.28. The zero-order valence-electron chi connectivity index (χ0n) is 11.6. The van der Waals surface area contributed by atoms with Crippen LogP contribution in [-0.4, -0.2) is 6.04 Å². The molecule has 1 aliphatic carbocycles. The molecule has 0 spiro atoms. The third-order valence-electron chi connectivity index (χ3n) is 3.45. The minimum absolute atomic E-state index is 0.513. The van der Waals surface area contributed by atoms with Gasteiger partial charge in [0, 0.05) is 17.1 Å². The van der Waals surface area contributed by atoms with Crippen molar-refractivity contribution in [1.82, 2.24) is 5.32 Å². The number of benzene rings is 2. The molecule has 21 heavy (non-hydrogen) atoms.